The van der Waals surface area contributed by atoms with Gasteiger partial charge in [-0.05, 0) is 25.0 Å². The molecule has 3 rings (SSSR count). The molecular weight excluding hydrogens is 316 g/mol. The van der Waals surface area contributed by atoms with Gasteiger partial charge in [-0.15, -0.1) is 0 Å². The first-order valence-corrected chi connectivity index (χ1v) is 9.11. The number of hydrogen-bond acceptors (Lipinski definition) is 3. The number of hydrogen-bond donors (Lipinski definition) is 0. The monoisotopic (exact) mass is 344 g/mol. The summed E-state index contributed by atoms with van der Waals surface area (Å²) in [4.78, 5) is 32.6. The van der Waals surface area contributed by atoms with Crippen molar-refractivity contribution in [3.63, 3.8) is 0 Å². The van der Waals surface area contributed by atoms with Crippen molar-refractivity contribution in [2.45, 2.75) is 12.8 Å². The normalized spacial score (nSPS) is 19.0. The number of amides is 3. The summed E-state index contributed by atoms with van der Waals surface area (Å²) < 4.78 is 0. The lowest BCUT2D eigenvalue weighted by Gasteiger charge is -2.39. The maximum atomic E-state index is 12.8. The molecule has 0 atom stereocenters. The zero-order chi connectivity index (χ0) is 17.8. The van der Waals surface area contributed by atoms with Crippen LogP contribution >= 0.6 is 0 Å². The Morgan fingerprint density at radius 1 is 0.880 bits per heavy atom. The lowest BCUT2D eigenvalue weighted by molar-refractivity contribution is -0.137. The largest absolute Gasteiger partial charge is 0.368 e. The molecule has 0 radical (unpaired) electrons. The average molecular weight is 344 g/mol. The van der Waals surface area contributed by atoms with Crippen molar-refractivity contribution in [3.05, 3.63) is 30.3 Å². The highest BCUT2D eigenvalue weighted by atomic mass is 16.2. The summed E-state index contributed by atoms with van der Waals surface area (Å²) in [6, 6.07) is 10.4. The van der Waals surface area contributed by atoms with Gasteiger partial charge in [0.1, 0.15) is 0 Å². The fourth-order valence-corrected chi connectivity index (χ4v) is 3.68. The number of anilines is 1. The van der Waals surface area contributed by atoms with Crippen LogP contribution in [0.15, 0.2) is 30.3 Å². The maximum absolute atomic E-state index is 12.8. The molecule has 0 spiro atoms. The van der Waals surface area contributed by atoms with E-state index < -0.39 is 0 Å². The third-order valence-electron chi connectivity index (χ3n) is 5.21. The smallest absolute Gasteiger partial charge is 0.319 e. The first-order valence-electron chi connectivity index (χ1n) is 9.11. The van der Waals surface area contributed by atoms with Gasteiger partial charge in [-0.3, -0.25) is 4.79 Å². The van der Waals surface area contributed by atoms with Gasteiger partial charge in [0.05, 0.1) is 0 Å². The topological polar surface area (TPSA) is 47.1 Å². The highest BCUT2D eigenvalue weighted by molar-refractivity contribution is 5.80. The zero-order valence-electron chi connectivity index (χ0n) is 15.2. The number of piperazine rings is 1. The van der Waals surface area contributed by atoms with Gasteiger partial charge in [0.2, 0.25) is 5.91 Å². The molecule has 2 saturated heterocycles. The van der Waals surface area contributed by atoms with Crippen molar-refractivity contribution in [2.24, 2.45) is 5.92 Å². The molecule has 2 aliphatic rings. The molecule has 136 valence electrons. The maximum Gasteiger partial charge on any atom is 0.319 e. The van der Waals surface area contributed by atoms with Crippen LogP contribution in [0.5, 0.6) is 0 Å². The third kappa shape index (κ3) is 4.06. The molecule has 0 N–H and O–H groups in total. The van der Waals surface area contributed by atoms with Crippen LogP contribution < -0.4 is 4.90 Å². The van der Waals surface area contributed by atoms with E-state index in [4.69, 9.17) is 0 Å². The van der Waals surface area contributed by atoms with E-state index in [9.17, 15) is 9.59 Å². The number of carbonyl (C=O) groups is 2. The fraction of sp³-hybridized carbons (Fsp3) is 0.579. The molecule has 2 aliphatic heterocycles. The first kappa shape index (κ1) is 17.6. The number of nitrogens with zero attached hydrogens (tertiary/aromatic N) is 4. The van der Waals surface area contributed by atoms with E-state index in [1.165, 1.54) is 5.69 Å². The van der Waals surface area contributed by atoms with Gasteiger partial charge in [-0.25, -0.2) is 4.79 Å². The van der Waals surface area contributed by atoms with Gasteiger partial charge in [0.15, 0.2) is 0 Å². The summed E-state index contributed by atoms with van der Waals surface area (Å²) in [5, 5.41) is 0. The lowest BCUT2D eigenvalue weighted by Crippen LogP contribution is -2.52. The van der Waals surface area contributed by atoms with Gasteiger partial charge >= 0.3 is 6.03 Å². The van der Waals surface area contributed by atoms with Crippen molar-refractivity contribution in [1.82, 2.24) is 14.7 Å². The number of carbonyl (C=O) groups excluding carboxylic acids is 2. The molecule has 3 amide bonds. The van der Waals surface area contributed by atoms with E-state index in [1.807, 2.05) is 15.9 Å². The Labute approximate surface area is 150 Å². The van der Waals surface area contributed by atoms with Crippen LogP contribution in [0.3, 0.4) is 0 Å². The van der Waals surface area contributed by atoms with Crippen LogP contribution in [0.1, 0.15) is 12.8 Å². The second-order valence-corrected chi connectivity index (χ2v) is 7.09. The highest BCUT2D eigenvalue weighted by Gasteiger charge is 2.32. The number of para-hydroxylation sites is 1. The molecule has 2 fully saturated rings. The van der Waals surface area contributed by atoms with Crippen LogP contribution in [-0.2, 0) is 4.79 Å². The summed E-state index contributed by atoms with van der Waals surface area (Å²) in [6.07, 6.45) is 1.55. The quantitative estimate of drug-likeness (QED) is 0.821. The molecule has 0 unspecified atom stereocenters. The van der Waals surface area contributed by atoms with Gasteiger partial charge < -0.3 is 19.6 Å². The molecule has 0 aromatic heterocycles. The predicted molar refractivity (Wildman–Crippen MR) is 98.6 cm³/mol. The summed E-state index contributed by atoms with van der Waals surface area (Å²) in [7, 11) is 3.54. The van der Waals surface area contributed by atoms with Crippen LogP contribution in [0.4, 0.5) is 10.5 Å². The number of urea groups is 1. The molecule has 1 aromatic carbocycles. The lowest BCUT2D eigenvalue weighted by atomic mass is 9.95. The van der Waals surface area contributed by atoms with Crippen LogP contribution in [0.2, 0.25) is 0 Å². The number of benzene rings is 1. The van der Waals surface area contributed by atoms with E-state index >= 15 is 0 Å². The van der Waals surface area contributed by atoms with Gasteiger partial charge in [-0.1, -0.05) is 18.2 Å². The van der Waals surface area contributed by atoms with Crippen LogP contribution in [0.25, 0.3) is 0 Å². The summed E-state index contributed by atoms with van der Waals surface area (Å²) in [6.45, 7) is 4.69. The molecule has 0 saturated carbocycles. The zero-order valence-corrected chi connectivity index (χ0v) is 15.2. The van der Waals surface area contributed by atoms with E-state index in [1.54, 1.807) is 19.0 Å². The van der Waals surface area contributed by atoms with E-state index in [0.29, 0.717) is 13.1 Å². The second kappa shape index (κ2) is 7.76. The van der Waals surface area contributed by atoms with E-state index in [2.05, 4.69) is 29.2 Å². The molecule has 2 heterocycles. The van der Waals surface area contributed by atoms with E-state index in [0.717, 1.165) is 39.0 Å². The fourth-order valence-electron chi connectivity index (χ4n) is 3.68. The Kier molecular flexibility index (Phi) is 5.46. The summed E-state index contributed by atoms with van der Waals surface area (Å²) >= 11 is 0. The van der Waals surface area contributed by atoms with Gasteiger partial charge in [0, 0.05) is 65.0 Å². The Balaban J connectivity index is 1.48. The average Bonchev–Trinajstić information content (AvgIpc) is 2.67. The molecule has 0 aliphatic carbocycles. The van der Waals surface area contributed by atoms with Crippen LogP contribution in [-0.4, -0.2) is 80.0 Å². The minimum atomic E-state index is 0.0439. The number of likely N-dealkylation sites (tertiary alicyclic amines) is 1. The molecule has 25 heavy (non-hydrogen) atoms. The van der Waals surface area contributed by atoms with Gasteiger partial charge in [-0.2, -0.15) is 0 Å². The van der Waals surface area contributed by atoms with Crippen molar-refractivity contribution < 1.29 is 9.59 Å². The Bertz CT molecular complexity index is 589. The SMILES string of the molecule is CN(C)C(=O)N1CCC(C(=O)N2CCN(c3ccccc3)CC2)CC1. The Morgan fingerprint density at radius 2 is 1.48 bits per heavy atom. The standard InChI is InChI=1S/C19H28N4O2/c1-20(2)19(25)23-10-8-16(9-11-23)18(24)22-14-12-21(13-15-22)17-6-4-3-5-7-17/h3-7,16H,8-15H2,1-2H3. The molecule has 6 nitrogen and oxygen atoms in total. The molecular formula is C19H28N4O2. The second-order valence-electron chi connectivity index (χ2n) is 7.09. The third-order valence-corrected chi connectivity index (χ3v) is 5.21. The van der Waals surface area contributed by atoms with Crippen molar-refractivity contribution in [1.29, 1.82) is 0 Å². The number of piperidine rings is 1. The minimum absolute atomic E-state index is 0.0439. The Morgan fingerprint density at radius 3 is 2.04 bits per heavy atom. The summed E-state index contributed by atoms with van der Waals surface area (Å²) in [5.74, 6) is 0.333. The molecule has 6 heteroatoms. The van der Waals surface area contributed by atoms with Crippen molar-refractivity contribution in [2.75, 3.05) is 58.3 Å². The predicted octanol–water partition coefficient (Wildman–Crippen LogP) is 1.73. The summed E-state index contributed by atoms with van der Waals surface area (Å²) in [5.41, 5.74) is 1.23. The first-order chi connectivity index (χ1) is 12.1. The van der Waals surface area contributed by atoms with E-state index in [-0.39, 0.29) is 17.9 Å². The molecule has 1 aromatic rings. The Hall–Kier alpha value is -2.24. The van der Waals surface area contributed by atoms with Crippen LogP contribution in [0, 0.1) is 5.92 Å². The number of rotatable bonds is 2. The van der Waals surface area contributed by atoms with Crippen molar-refractivity contribution in [3.8, 4) is 0 Å². The minimum Gasteiger partial charge on any atom is -0.368 e. The molecule has 0 bridgehead atoms. The van der Waals surface area contributed by atoms with Gasteiger partial charge in [0.25, 0.3) is 0 Å². The highest BCUT2D eigenvalue weighted by Crippen LogP contribution is 2.22. The van der Waals surface area contributed by atoms with Crippen molar-refractivity contribution >= 4 is 17.6 Å².